The molecule has 34 heavy (non-hydrogen) atoms. The van der Waals surface area contributed by atoms with Crippen LogP contribution in [0.5, 0.6) is 5.75 Å². The molecule has 0 heterocycles. The van der Waals surface area contributed by atoms with Gasteiger partial charge < -0.3 is 48.7 Å². The van der Waals surface area contributed by atoms with E-state index in [1.807, 2.05) is 26.0 Å². The SMILES string of the molecule is CC(COCCOCCOc1ccc(N)cc1)OCC(C)OCCOCCOCCOCCO. The van der Waals surface area contributed by atoms with Crippen LogP contribution in [0.2, 0.25) is 0 Å². The summed E-state index contributed by atoms with van der Waals surface area (Å²) in [4.78, 5) is 0. The van der Waals surface area contributed by atoms with Gasteiger partial charge >= 0.3 is 0 Å². The molecule has 3 N–H and O–H groups in total. The second-order valence-corrected chi connectivity index (χ2v) is 7.49. The van der Waals surface area contributed by atoms with Crippen molar-refractivity contribution in [2.24, 2.45) is 0 Å². The van der Waals surface area contributed by atoms with Gasteiger partial charge in [-0.05, 0) is 38.1 Å². The van der Waals surface area contributed by atoms with E-state index in [4.69, 9.17) is 48.7 Å². The van der Waals surface area contributed by atoms with Crippen molar-refractivity contribution in [3.05, 3.63) is 24.3 Å². The van der Waals surface area contributed by atoms with Crippen molar-refractivity contribution in [3.63, 3.8) is 0 Å². The Morgan fingerprint density at radius 1 is 0.618 bits per heavy atom. The molecule has 0 aliphatic carbocycles. The second kappa shape index (κ2) is 22.0. The Morgan fingerprint density at radius 3 is 1.74 bits per heavy atom. The molecule has 1 aromatic carbocycles. The lowest BCUT2D eigenvalue weighted by molar-refractivity contribution is -0.0723. The van der Waals surface area contributed by atoms with Gasteiger partial charge in [0.1, 0.15) is 12.4 Å². The summed E-state index contributed by atoms with van der Waals surface area (Å²) in [6.45, 7) is 10.2. The van der Waals surface area contributed by atoms with Crippen LogP contribution in [0.1, 0.15) is 13.8 Å². The normalized spacial score (nSPS) is 13.1. The largest absolute Gasteiger partial charge is 0.491 e. The first-order chi connectivity index (χ1) is 16.6. The fourth-order valence-electron chi connectivity index (χ4n) is 2.56. The molecule has 0 saturated heterocycles. The molecule has 2 unspecified atom stereocenters. The van der Waals surface area contributed by atoms with Gasteiger partial charge in [0.2, 0.25) is 0 Å². The molecule has 10 heteroatoms. The zero-order valence-corrected chi connectivity index (χ0v) is 20.7. The van der Waals surface area contributed by atoms with Gasteiger partial charge in [-0.3, -0.25) is 0 Å². The minimum Gasteiger partial charge on any atom is -0.491 e. The first kappa shape index (κ1) is 30.5. The van der Waals surface area contributed by atoms with E-state index in [0.717, 1.165) is 5.75 Å². The molecule has 2 atom stereocenters. The van der Waals surface area contributed by atoms with Crippen molar-refractivity contribution in [2.45, 2.75) is 26.1 Å². The van der Waals surface area contributed by atoms with Gasteiger partial charge in [0.25, 0.3) is 0 Å². The molecule has 0 spiro atoms. The lowest BCUT2D eigenvalue weighted by atomic mass is 10.3. The van der Waals surface area contributed by atoms with Crippen molar-refractivity contribution in [2.75, 3.05) is 98.2 Å². The highest BCUT2D eigenvalue weighted by atomic mass is 16.6. The van der Waals surface area contributed by atoms with Gasteiger partial charge in [0, 0.05) is 5.69 Å². The third-order valence-corrected chi connectivity index (χ3v) is 4.33. The van der Waals surface area contributed by atoms with E-state index in [-0.39, 0.29) is 18.8 Å². The van der Waals surface area contributed by atoms with Crippen LogP contribution in [0.4, 0.5) is 5.69 Å². The van der Waals surface area contributed by atoms with Crippen LogP contribution in [0.15, 0.2) is 24.3 Å². The van der Waals surface area contributed by atoms with Crippen LogP contribution in [0.3, 0.4) is 0 Å². The summed E-state index contributed by atoms with van der Waals surface area (Å²) in [6.07, 6.45) is -0.0648. The molecular formula is C24H43NO9. The predicted molar refractivity (Wildman–Crippen MR) is 128 cm³/mol. The topological polar surface area (TPSA) is 120 Å². The van der Waals surface area contributed by atoms with E-state index < -0.39 is 0 Å². The van der Waals surface area contributed by atoms with Crippen LogP contribution in [0.25, 0.3) is 0 Å². The number of aliphatic hydroxyl groups is 1. The third-order valence-electron chi connectivity index (χ3n) is 4.33. The van der Waals surface area contributed by atoms with Gasteiger partial charge in [0.15, 0.2) is 0 Å². The molecule has 0 amide bonds. The average Bonchev–Trinajstić information content (AvgIpc) is 2.84. The Bertz CT molecular complexity index is 562. The molecule has 1 aromatic rings. The van der Waals surface area contributed by atoms with Crippen molar-refractivity contribution in [1.29, 1.82) is 0 Å². The molecule has 0 bridgehead atoms. The summed E-state index contributed by atoms with van der Waals surface area (Å²) >= 11 is 0. The molecular weight excluding hydrogens is 446 g/mol. The minimum atomic E-state index is -0.0327. The molecule has 0 aliphatic rings. The molecule has 0 aliphatic heterocycles. The van der Waals surface area contributed by atoms with Crippen molar-refractivity contribution in [3.8, 4) is 5.75 Å². The van der Waals surface area contributed by atoms with E-state index in [9.17, 15) is 0 Å². The number of aliphatic hydroxyl groups excluding tert-OH is 1. The number of nitrogen functional groups attached to an aromatic ring is 1. The van der Waals surface area contributed by atoms with Crippen LogP contribution < -0.4 is 10.5 Å². The number of ether oxygens (including phenoxy) is 8. The Hall–Kier alpha value is -1.50. The fourth-order valence-corrected chi connectivity index (χ4v) is 2.56. The van der Waals surface area contributed by atoms with E-state index >= 15 is 0 Å². The maximum absolute atomic E-state index is 8.57. The Kier molecular flexibility index (Phi) is 19.8. The highest BCUT2D eigenvalue weighted by Gasteiger charge is 2.07. The minimum absolute atomic E-state index is 0.0266. The molecule has 0 radical (unpaired) electrons. The quantitative estimate of drug-likeness (QED) is 0.163. The molecule has 1 rings (SSSR count). The van der Waals surface area contributed by atoms with Gasteiger partial charge in [-0.15, -0.1) is 0 Å². The van der Waals surface area contributed by atoms with Crippen LogP contribution in [-0.2, 0) is 33.2 Å². The van der Waals surface area contributed by atoms with E-state index in [2.05, 4.69) is 0 Å². The van der Waals surface area contributed by atoms with E-state index in [0.29, 0.717) is 91.6 Å². The maximum atomic E-state index is 8.57. The van der Waals surface area contributed by atoms with E-state index in [1.165, 1.54) is 0 Å². The van der Waals surface area contributed by atoms with Gasteiger partial charge in [0.05, 0.1) is 98.1 Å². The molecule has 10 nitrogen and oxygen atoms in total. The molecule has 0 aromatic heterocycles. The fraction of sp³-hybridized carbons (Fsp3) is 0.750. The maximum Gasteiger partial charge on any atom is 0.119 e. The number of hydrogen-bond donors (Lipinski definition) is 2. The van der Waals surface area contributed by atoms with Gasteiger partial charge in [-0.2, -0.15) is 0 Å². The number of anilines is 1. The van der Waals surface area contributed by atoms with E-state index in [1.54, 1.807) is 12.1 Å². The van der Waals surface area contributed by atoms with Gasteiger partial charge in [-0.1, -0.05) is 0 Å². The zero-order valence-electron chi connectivity index (χ0n) is 20.7. The van der Waals surface area contributed by atoms with Crippen LogP contribution >= 0.6 is 0 Å². The molecule has 198 valence electrons. The zero-order chi connectivity index (χ0) is 24.7. The van der Waals surface area contributed by atoms with Crippen molar-refractivity contribution in [1.82, 2.24) is 0 Å². The lowest BCUT2D eigenvalue weighted by Crippen LogP contribution is -2.25. The Balaban J connectivity index is 1.82. The Morgan fingerprint density at radius 2 is 1.12 bits per heavy atom. The highest BCUT2D eigenvalue weighted by Crippen LogP contribution is 2.12. The number of benzene rings is 1. The first-order valence-corrected chi connectivity index (χ1v) is 11.8. The average molecular weight is 490 g/mol. The first-order valence-electron chi connectivity index (χ1n) is 11.8. The summed E-state index contributed by atoms with van der Waals surface area (Å²) in [5.74, 6) is 0.772. The third kappa shape index (κ3) is 18.9. The Labute approximate surface area is 203 Å². The standard InChI is InChI=1S/C24H43NO9/c1-21(19-31-14-13-30-16-18-33-24-5-3-23(25)4-6-24)34-20-22(2)32-17-15-29-12-11-28-10-9-27-8-7-26/h3-6,21-22,26H,7-20,25H2,1-2H3. The van der Waals surface area contributed by atoms with Crippen LogP contribution in [0, 0.1) is 0 Å². The molecule has 0 saturated carbocycles. The van der Waals surface area contributed by atoms with Crippen LogP contribution in [-0.4, -0.2) is 110 Å². The number of rotatable bonds is 24. The summed E-state index contributed by atoms with van der Waals surface area (Å²) < 4.78 is 43.9. The smallest absolute Gasteiger partial charge is 0.119 e. The summed E-state index contributed by atoms with van der Waals surface area (Å²) in [6, 6.07) is 7.26. The monoisotopic (exact) mass is 489 g/mol. The summed E-state index contributed by atoms with van der Waals surface area (Å²) in [5.41, 5.74) is 6.34. The lowest BCUT2D eigenvalue weighted by Gasteiger charge is -2.18. The predicted octanol–water partition coefficient (Wildman–Crippen LogP) is 1.53. The van der Waals surface area contributed by atoms with Gasteiger partial charge in [-0.25, -0.2) is 0 Å². The summed E-state index contributed by atoms with van der Waals surface area (Å²) in [5, 5.41) is 8.57. The highest BCUT2D eigenvalue weighted by molar-refractivity contribution is 5.41. The second-order valence-electron chi connectivity index (χ2n) is 7.49. The van der Waals surface area contributed by atoms with Crippen molar-refractivity contribution < 1.29 is 43.0 Å². The number of nitrogens with two attached hydrogens (primary N) is 1. The van der Waals surface area contributed by atoms with Crippen molar-refractivity contribution >= 4 is 5.69 Å². The number of hydrogen-bond acceptors (Lipinski definition) is 10. The summed E-state index contributed by atoms with van der Waals surface area (Å²) in [7, 11) is 0. The molecule has 0 fully saturated rings.